The molecule has 1 heterocycles. The molecule has 160 valence electrons. The first-order valence-electron chi connectivity index (χ1n) is 9.77. The predicted molar refractivity (Wildman–Crippen MR) is 113 cm³/mol. The summed E-state index contributed by atoms with van der Waals surface area (Å²) in [7, 11) is 2.08. The van der Waals surface area contributed by atoms with Gasteiger partial charge in [-0.1, -0.05) is 36.0 Å². The Morgan fingerprint density at radius 1 is 1.45 bits per heavy atom. The summed E-state index contributed by atoms with van der Waals surface area (Å²) >= 11 is 0. The van der Waals surface area contributed by atoms with Gasteiger partial charge in [0.05, 0.1) is 18.4 Å². The van der Waals surface area contributed by atoms with Crippen LogP contribution in [0.15, 0.2) is 53.7 Å². The fraction of sp³-hybridized carbons (Fsp3) is 0.476. The van der Waals surface area contributed by atoms with Gasteiger partial charge < -0.3 is 31.6 Å². The van der Waals surface area contributed by atoms with E-state index in [4.69, 9.17) is 21.4 Å². The van der Waals surface area contributed by atoms with Gasteiger partial charge in [-0.2, -0.15) is 0 Å². The van der Waals surface area contributed by atoms with Crippen LogP contribution in [-0.4, -0.2) is 54.9 Å². The lowest BCUT2D eigenvalue weighted by molar-refractivity contribution is 0.0964. The van der Waals surface area contributed by atoms with Gasteiger partial charge in [0, 0.05) is 42.9 Å². The molecule has 2 rings (SSSR count). The number of benzene rings is 1. The monoisotopic (exact) mass is 405 g/mol. The van der Waals surface area contributed by atoms with Crippen molar-refractivity contribution in [1.82, 2.24) is 10.2 Å². The second-order valence-electron chi connectivity index (χ2n) is 7.39. The van der Waals surface area contributed by atoms with Crippen LogP contribution < -0.4 is 16.8 Å². The van der Waals surface area contributed by atoms with Gasteiger partial charge in [0.15, 0.2) is 5.84 Å². The molecule has 0 bridgehead atoms. The van der Waals surface area contributed by atoms with Crippen molar-refractivity contribution < 1.29 is 14.3 Å². The smallest absolute Gasteiger partial charge is 0.170 e. The highest BCUT2D eigenvalue weighted by Crippen LogP contribution is 2.20. The molecule has 0 aromatic heterocycles. The molecule has 0 unspecified atom stereocenters. The first-order chi connectivity index (χ1) is 13.9. The van der Waals surface area contributed by atoms with E-state index >= 15 is 0 Å². The van der Waals surface area contributed by atoms with Crippen LogP contribution in [0.1, 0.15) is 30.4 Å². The average Bonchev–Trinajstić information content (AvgIpc) is 2.74. The fourth-order valence-corrected chi connectivity index (χ4v) is 3.24. The molecule has 1 fully saturated rings. The molecule has 0 amide bonds. The number of alkyl halides is 1. The zero-order valence-corrected chi connectivity index (χ0v) is 17.0. The molecule has 1 aliphatic heterocycles. The summed E-state index contributed by atoms with van der Waals surface area (Å²) in [6.45, 7) is 4.91. The molecular formula is C21H32FN5O2. The van der Waals surface area contributed by atoms with Gasteiger partial charge in [-0.25, -0.2) is 4.39 Å². The van der Waals surface area contributed by atoms with Crippen LogP contribution in [0.25, 0.3) is 0 Å². The Hall–Kier alpha value is -2.74. The van der Waals surface area contributed by atoms with Crippen LogP contribution in [0.5, 0.6) is 0 Å². The third-order valence-electron chi connectivity index (χ3n) is 5.13. The quantitative estimate of drug-likeness (QED) is 0.205. The summed E-state index contributed by atoms with van der Waals surface area (Å²) in [5.41, 5.74) is 13.9. The first kappa shape index (κ1) is 22.5. The molecule has 1 saturated heterocycles. The molecule has 2 atom stereocenters. The molecule has 1 aromatic carbocycles. The largest absolute Gasteiger partial charge is 0.498 e. The first-order valence-corrected chi connectivity index (χ1v) is 9.77. The van der Waals surface area contributed by atoms with Crippen LogP contribution >= 0.6 is 0 Å². The molecular weight excluding hydrogens is 373 g/mol. The zero-order valence-electron chi connectivity index (χ0n) is 17.0. The molecule has 6 N–H and O–H groups in total. The van der Waals surface area contributed by atoms with Gasteiger partial charge in [0.25, 0.3) is 0 Å². The van der Waals surface area contributed by atoms with E-state index in [-0.39, 0.29) is 11.9 Å². The topological polar surface area (TPSA) is 109 Å². The highest BCUT2D eigenvalue weighted by atomic mass is 19.1. The van der Waals surface area contributed by atoms with Gasteiger partial charge in [-0.05, 0) is 25.5 Å². The summed E-state index contributed by atoms with van der Waals surface area (Å²) in [5.74, 6) is 0.880. The third kappa shape index (κ3) is 7.30. The maximum atomic E-state index is 13.4. The number of oxime groups is 1. The number of halogens is 1. The van der Waals surface area contributed by atoms with Gasteiger partial charge in [-0.3, -0.25) is 0 Å². The van der Waals surface area contributed by atoms with Crippen molar-refractivity contribution in [2.75, 3.05) is 26.9 Å². The Labute approximate surface area is 171 Å². The van der Waals surface area contributed by atoms with E-state index in [1.54, 1.807) is 18.3 Å². The molecule has 1 aliphatic rings. The molecule has 1 aromatic rings. The minimum absolute atomic E-state index is 0.0439. The SMILES string of the molecule is C=C1C[C@H](N(C)CC/C(N)=C/N[C@H](CF)Cc2ccc(/C(N)=N/O)cc2)CCO1. The summed E-state index contributed by atoms with van der Waals surface area (Å²) in [6.07, 6.45) is 4.72. The van der Waals surface area contributed by atoms with Gasteiger partial charge in [-0.15, -0.1) is 0 Å². The van der Waals surface area contributed by atoms with Crippen molar-refractivity contribution in [2.24, 2.45) is 16.6 Å². The van der Waals surface area contributed by atoms with Crippen molar-refractivity contribution in [3.8, 4) is 0 Å². The van der Waals surface area contributed by atoms with Gasteiger partial charge >= 0.3 is 0 Å². The normalized spacial score (nSPS) is 19.1. The van der Waals surface area contributed by atoms with Crippen LogP contribution in [0.2, 0.25) is 0 Å². The number of nitrogens with two attached hydrogens (primary N) is 2. The van der Waals surface area contributed by atoms with Crippen molar-refractivity contribution in [2.45, 2.75) is 37.8 Å². The molecule has 0 radical (unpaired) electrons. The Kier molecular flexibility index (Phi) is 8.79. The average molecular weight is 406 g/mol. The molecule has 8 heteroatoms. The molecule has 29 heavy (non-hydrogen) atoms. The van der Waals surface area contributed by atoms with E-state index in [0.29, 0.717) is 36.8 Å². The minimum Gasteiger partial charge on any atom is -0.498 e. The maximum Gasteiger partial charge on any atom is 0.170 e. The fourth-order valence-electron chi connectivity index (χ4n) is 3.24. The number of nitrogens with zero attached hydrogens (tertiary/aromatic N) is 2. The van der Waals surface area contributed by atoms with E-state index < -0.39 is 6.67 Å². The number of nitrogens with one attached hydrogen (secondary N) is 1. The van der Waals surface area contributed by atoms with Crippen LogP contribution in [0, 0.1) is 0 Å². The standard InChI is InChI=1S/C21H32FN5O2/c1-15-11-20(8-10-29-15)27(2)9-7-18(23)14-25-19(13-22)12-16-3-5-17(6-4-16)21(24)26-28/h3-6,14,19-20,25,28H,1,7-13,23H2,2H3,(H2,24,26)/b18-14-/t19-,20+/m0/s1. The maximum absolute atomic E-state index is 13.4. The van der Waals surface area contributed by atoms with Crippen LogP contribution in [0.3, 0.4) is 0 Å². The lowest BCUT2D eigenvalue weighted by Gasteiger charge is -2.32. The summed E-state index contributed by atoms with van der Waals surface area (Å²) in [5, 5.41) is 14.7. The highest BCUT2D eigenvalue weighted by molar-refractivity contribution is 5.96. The number of hydrogen-bond acceptors (Lipinski definition) is 6. The lowest BCUT2D eigenvalue weighted by atomic mass is 10.0. The predicted octanol–water partition coefficient (Wildman–Crippen LogP) is 2.07. The molecule has 0 aliphatic carbocycles. The number of ether oxygens (including phenoxy) is 1. The third-order valence-corrected chi connectivity index (χ3v) is 5.13. The van der Waals surface area contributed by atoms with Gasteiger partial charge in [0.1, 0.15) is 6.67 Å². The second-order valence-corrected chi connectivity index (χ2v) is 7.39. The number of amidine groups is 1. The highest BCUT2D eigenvalue weighted by Gasteiger charge is 2.20. The van der Waals surface area contributed by atoms with E-state index in [0.717, 1.165) is 30.7 Å². The molecule has 7 nitrogen and oxygen atoms in total. The summed E-state index contributed by atoms with van der Waals surface area (Å²) < 4.78 is 18.8. The Morgan fingerprint density at radius 3 is 2.79 bits per heavy atom. The summed E-state index contributed by atoms with van der Waals surface area (Å²) in [4.78, 5) is 2.27. The van der Waals surface area contributed by atoms with E-state index in [9.17, 15) is 4.39 Å². The van der Waals surface area contributed by atoms with Crippen molar-refractivity contribution >= 4 is 5.84 Å². The number of rotatable bonds is 10. The Bertz CT molecular complexity index is 720. The van der Waals surface area contributed by atoms with Crippen molar-refractivity contribution in [3.63, 3.8) is 0 Å². The molecule has 0 spiro atoms. The van der Waals surface area contributed by atoms with Crippen molar-refractivity contribution in [1.29, 1.82) is 0 Å². The minimum atomic E-state index is -0.518. The lowest BCUT2D eigenvalue weighted by Crippen LogP contribution is -2.37. The van der Waals surface area contributed by atoms with Crippen molar-refractivity contribution in [3.05, 3.63) is 59.6 Å². The Morgan fingerprint density at radius 2 is 2.17 bits per heavy atom. The molecule has 0 saturated carbocycles. The van der Waals surface area contributed by atoms with E-state index in [1.807, 2.05) is 12.1 Å². The summed E-state index contributed by atoms with van der Waals surface area (Å²) in [6, 6.07) is 7.20. The van der Waals surface area contributed by atoms with Crippen LogP contribution in [0.4, 0.5) is 4.39 Å². The van der Waals surface area contributed by atoms with Gasteiger partial charge in [0.2, 0.25) is 0 Å². The Balaban J connectivity index is 1.80. The van der Waals surface area contributed by atoms with E-state index in [1.165, 1.54) is 0 Å². The number of hydrogen-bond donors (Lipinski definition) is 4. The second kappa shape index (κ2) is 11.3. The van der Waals surface area contributed by atoms with Crippen LogP contribution in [-0.2, 0) is 11.2 Å². The van der Waals surface area contributed by atoms with E-state index in [2.05, 4.69) is 29.0 Å². The zero-order chi connectivity index (χ0) is 21.2.